The minimum Gasteiger partial charge on any atom is -0.337 e. The van der Waals surface area contributed by atoms with Gasteiger partial charge in [-0.3, -0.25) is 19.7 Å². The third-order valence-electron chi connectivity index (χ3n) is 4.76. The Bertz CT molecular complexity index is 1100. The van der Waals surface area contributed by atoms with Crippen LogP contribution in [0, 0.1) is 17.0 Å². The lowest BCUT2D eigenvalue weighted by atomic mass is 10.1. The molecule has 0 fully saturated rings. The first-order valence-electron chi connectivity index (χ1n) is 9.32. The number of benzene rings is 3. The first kappa shape index (κ1) is 20.7. The highest BCUT2D eigenvalue weighted by Crippen LogP contribution is 2.24. The SMILES string of the molecule is Cc1c(C(=O)Nc2ccccc2C(=O)N(C)Cc2ccccc2)cccc1[N+](=O)[O-]. The van der Waals surface area contributed by atoms with Crippen molar-refractivity contribution in [3.8, 4) is 0 Å². The molecular weight excluding hydrogens is 382 g/mol. The molecule has 0 aliphatic heterocycles. The average molecular weight is 403 g/mol. The fourth-order valence-corrected chi connectivity index (χ4v) is 3.17. The van der Waals surface area contributed by atoms with Gasteiger partial charge in [0.1, 0.15) is 0 Å². The van der Waals surface area contributed by atoms with Crippen molar-refractivity contribution in [2.75, 3.05) is 12.4 Å². The van der Waals surface area contributed by atoms with Crippen LogP contribution in [0.2, 0.25) is 0 Å². The number of para-hydroxylation sites is 1. The Balaban J connectivity index is 1.83. The van der Waals surface area contributed by atoms with Gasteiger partial charge >= 0.3 is 0 Å². The fraction of sp³-hybridized carbons (Fsp3) is 0.130. The van der Waals surface area contributed by atoms with Crippen LogP contribution in [0.1, 0.15) is 31.8 Å². The number of carbonyl (C=O) groups is 2. The van der Waals surface area contributed by atoms with Crippen molar-refractivity contribution in [1.82, 2.24) is 4.90 Å². The van der Waals surface area contributed by atoms with Gasteiger partial charge in [0.2, 0.25) is 0 Å². The van der Waals surface area contributed by atoms with E-state index in [1.165, 1.54) is 25.1 Å². The summed E-state index contributed by atoms with van der Waals surface area (Å²) >= 11 is 0. The summed E-state index contributed by atoms with van der Waals surface area (Å²) in [7, 11) is 1.69. The van der Waals surface area contributed by atoms with Crippen LogP contribution in [0.25, 0.3) is 0 Å². The zero-order chi connectivity index (χ0) is 21.7. The fourth-order valence-electron chi connectivity index (χ4n) is 3.17. The summed E-state index contributed by atoms with van der Waals surface area (Å²) in [6.45, 7) is 1.95. The highest BCUT2D eigenvalue weighted by Gasteiger charge is 2.21. The Morgan fingerprint density at radius 1 is 0.933 bits per heavy atom. The average Bonchev–Trinajstić information content (AvgIpc) is 2.74. The molecular formula is C23H21N3O4. The van der Waals surface area contributed by atoms with Gasteiger partial charge in [-0.15, -0.1) is 0 Å². The van der Waals surface area contributed by atoms with Crippen LogP contribution in [0.3, 0.4) is 0 Å². The lowest BCUT2D eigenvalue weighted by Crippen LogP contribution is -2.27. The molecule has 0 unspecified atom stereocenters. The third kappa shape index (κ3) is 4.52. The molecule has 3 rings (SSSR count). The number of nitro benzene ring substituents is 1. The highest BCUT2D eigenvalue weighted by atomic mass is 16.6. The number of rotatable bonds is 6. The van der Waals surface area contributed by atoms with Crippen LogP contribution >= 0.6 is 0 Å². The number of carbonyl (C=O) groups excluding carboxylic acids is 2. The van der Waals surface area contributed by atoms with Crippen LogP contribution < -0.4 is 5.32 Å². The van der Waals surface area contributed by atoms with E-state index in [2.05, 4.69) is 5.32 Å². The summed E-state index contributed by atoms with van der Waals surface area (Å²) < 4.78 is 0. The van der Waals surface area contributed by atoms with Gasteiger partial charge in [-0.25, -0.2) is 0 Å². The van der Waals surface area contributed by atoms with E-state index < -0.39 is 10.8 Å². The van der Waals surface area contributed by atoms with Crippen molar-refractivity contribution in [1.29, 1.82) is 0 Å². The molecule has 7 heteroatoms. The van der Waals surface area contributed by atoms with Crippen molar-refractivity contribution >= 4 is 23.2 Å². The second-order valence-corrected chi connectivity index (χ2v) is 6.85. The molecule has 0 heterocycles. The molecule has 0 radical (unpaired) electrons. The quantitative estimate of drug-likeness (QED) is 0.487. The van der Waals surface area contributed by atoms with E-state index in [1.807, 2.05) is 30.3 Å². The molecule has 152 valence electrons. The van der Waals surface area contributed by atoms with Gasteiger partial charge < -0.3 is 10.2 Å². The van der Waals surface area contributed by atoms with Crippen LogP contribution in [0.4, 0.5) is 11.4 Å². The number of nitro groups is 1. The minimum absolute atomic E-state index is 0.130. The minimum atomic E-state index is -0.526. The summed E-state index contributed by atoms with van der Waals surface area (Å²) in [5.74, 6) is -0.757. The largest absolute Gasteiger partial charge is 0.337 e. The molecule has 7 nitrogen and oxygen atoms in total. The van der Waals surface area contributed by atoms with Gasteiger partial charge in [0.25, 0.3) is 17.5 Å². The van der Waals surface area contributed by atoms with E-state index in [-0.39, 0.29) is 22.7 Å². The van der Waals surface area contributed by atoms with Gasteiger partial charge in [-0.1, -0.05) is 48.5 Å². The number of nitrogens with zero attached hydrogens (tertiary/aromatic N) is 2. The second kappa shape index (κ2) is 9.00. The molecule has 3 aromatic rings. The second-order valence-electron chi connectivity index (χ2n) is 6.85. The zero-order valence-electron chi connectivity index (χ0n) is 16.7. The maximum atomic E-state index is 13.0. The molecule has 1 N–H and O–H groups in total. The smallest absolute Gasteiger partial charge is 0.273 e. The first-order valence-corrected chi connectivity index (χ1v) is 9.32. The van der Waals surface area contributed by atoms with Gasteiger partial charge in [0.15, 0.2) is 0 Å². The number of anilines is 1. The third-order valence-corrected chi connectivity index (χ3v) is 4.76. The van der Waals surface area contributed by atoms with Crippen molar-refractivity contribution in [2.45, 2.75) is 13.5 Å². The maximum absolute atomic E-state index is 13.0. The molecule has 30 heavy (non-hydrogen) atoms. The Morgan fingerprint density at radius 3 is 2.27 bits per heavy atom. The molecule has 0 bridgehead atoms. The molecule has 0 aliphatic rings. The van der Waals surface area contributed by atoms with E-state index in [0.29, 0.717) is 17.8 Å². The van der Waals surface area contributed by atoms with Gasteiger partial charge in [-0.05, 0) is 30.7 Å². The molecule has 3 aromatic carbocycles. The van der Waals surface area contributed by atoms with Crippen LogP contribution in [-0.2, 0) is 6.54 Å². The molecule has 0 saturated carbocycles. The lowest BCUT2D eigenvalue weighted by molar-refractivity contribution is -0.385. The van der Waals surface area contributed by atoms with Crippen LogP contribution in [-0.4, -0.2) is 28.7 Å². The molecule has 0 spiro atoms. The molecule has 2 amide bonds. The Hall–Kier alpha value is -4.00. The van der Waals surface area contributed by atoms with E-state index in [9.17, 15) is 19.7 Å². The summed E-state index contributed by atoms with van der Waals surface area (Å²) in [6.07, 6.45) is 0. The summed E-state index contributed by atoms with van der Waals surface area (Å²) in [6, 6.07) is 20.6. The van der Waals surface area contributed by atoms with Crippen molar-refractivity contribution in [3.05, 3.63) is 105 Å². The summed E-state index contributed by atoms with van der Waals surface area (Å²) in [4.78, 5) is 38.0. The molecule has 0 saturated heterocycles. The topological polar surface area (TPSA) is 92.6 Å². The number of amides is 2. The Labute approximate surface area is 174 Å². The number of hydrogen-bond donors (Lipinski definition) is 1. The predicted molar refractivity (Wildman–Crippen MR) is 114 cm³/mol. The van der Waals surface area contributed by atoms with E-state index >= 15 is 0 Å². The van der Waals surface area contributed by atoms with Crippen molar-refractivity contribution in [2.24, 2.45) is 0 Å². The van der Waals surface area contributed by atoms with Gasteiger partial charge in [-0.2, -0.15) is 0 Å². The first-order chi connectivity index (χ1) is 14.4. The molecule has 0 aromatic heterocycles. The standard InChI is InChI=1S/C23H21N3O4/c1-16-18(12-8-14-21(16)26(29)30)22(27)24-20-13-7-6-11-19(20)23(28)25(2)15-17-9-4-3-5-10-17/h3-14H,15H2,1-2H3,(H,24,27). The van der Waals surface area contributed by atoms with Crippen molar-refractivity contribution < 1.29 is 14.5 Å². The van der Waals surface area contributed by atoms with Gasteiger partial charge in [0, 0.05) is 30.8 Å². The Morgan fingerprint density at radius 2 is 1.57 bits per heavy atom. The van der Waals surface area contributed by atoms with Crippen LogP contribution in [0.15, 0.2) is 72.8 Å². The zero-order valence-corrected chi connectivity index (χ0v) is 16.7. The summed E-state index contributed by atoms with van der Waals surface area (Å²) in [5, 5.41) is 13.9. The van der Waals surface area contributed by atoms with E-state index in [0.717, 1.165) is 5.56 Å². The lowest BCUT2D eigenvalue weighted by Gasteiger charge is -2.19. The van der Waals surface area contributed by atoms with Crippen LogP contribution in [0.5, 0.6) is 0 Å². The molecule has 0 aliphatic carbocycles. The monoisotopic (exact) mass is 403 g/mol. The van der Waals surface area contributed by atoms with E-state index in [4.69, 9.17) is 0 Å². The predicted octanol–water partition coefficient (Wildman–Crippen LogP) is 4.43. The van der Waals surface area contributed by atoms with Gasteiger partial charge in [0.05, 0.1) is 16.2 Å². The number of nitrogens with one attached hydrogen (secondary N) is 1. The maximum Gasteiger partial charge on any atom is 0.273 e. The normalized spacial score (nSPS) is 10.3. The Kier molecular flexibility index (Phi) is 6.22. The van der Waals surface area contributed by atoms with Crippen molar-refractivity contribution in [3.63, 3.8) is 0 Å². The highest BCUT2D eigenvalue weighted by molar-refractivity contribution is 6.09. The number of hydrogen-bond acceptors (Lipinski definition) is 4. The summed E-state index contributed by atoms with van der Waals surface area (Å²) in [5.41, 5.74) is 2.00. The molecule has 0 atom stereocenters. The van der Waals surface area contributed by atoms with E-state index in [1.54, 1.807) is 36.2 Å².